The summed E-state index contributed by atoms with van der Waals surface area (Å²) in [6.07, 6.45) is 9.70. The van der Waals surface area contributed by atoms with Crippen LogP contribution in [0.4, 0.5) is 5.13 Å². The van der Waals surface area contributed by atoms with Gasteiger partial charge in [0.15, 0.2) is 5.13 Å². The SMILES string of the molecule is NSc1ccc(C(=O)Nc2ncc(C(=O)NC3CCCCCCC3)s2)cc1. The Hall–Kier alpha value is -1.90. The van der Waals surface area contributed by atoms with Crippen molar-refractivity contribution in [2.24, 2.45) is 5.14 Å². The molecule has 0 saturated heterocycles. The molecule has 144 valence electrons. The van der Waals surface area contributed by atoms with Crippen molar-refractivity contribution in [3.63, 3.8) is 0 Å². The van der Waals surface area contributed by atoms with E-state index in [0.29, 0.717) is 15.6 Å². The van der Waals surface area contributed by atoms with Gasteiger partial charge in [-0.25, -0.2) is 4.98 Å². The summed E-state index contributed by atoms with van der Waals surface area (Å²) in [6.45, 7) is 0. The number of carbonyl (C=O) groups excluding carboxylic acids is 2. The lowest BCUT2D eigenvalue weighted by Crippen LogP contribution is -2.34. The van der Waals surface area contributed by atoms with Gasteiger partial charge >= 0.3 is 0 Å². The Morgan fingerprint density at radius 1 is 1.04 bits per heavy atom. The molecule has 1 aromatic carbocycles. The van der Waals surface area contributed by atoms with Crippen LogP contribution < -0.4 is 15.8 Å². The molecular formula is C19H24N4O2S2. The van der Waals surface area contributed by atoms with Gasteiger partial charge in [0.1, 0.15) is 4.88 Å². The molecule has 27 heavy (non-hydrogen) atoms. The summed E-state index contributed by atoms with van der Waals surface area (Å²) in [5.41, 5.74) is 0.517. The van der Waals surface area contributed by atoms with E-state index in [-0.39, 0.29) is 17.9 Å². The van der Waals surface area contributed by atoms with Crippen LogP contribution in [0.2, 0.25) is 0 Å². The van der Waals surface area contributed by atoms with Crippen LogP contribution in [0.25, 0.3) is 0 Å². The number of aromatic nitrogens is 1. The van der Waals surface area contributed by atoms with Gasteiger partial charge in [0.2, 0.25) is 0 Å². The van der Waals surface area contributed by atoms with Gasteiger partial charge < -0.3 is 5.32 Å². The summed E-state index contributed by atoms with van der Waals surface area (Å²) in [5.74, 6) is -0.368. The molecule has 0 atom stereocenters. The third-order valence-electron chi connectivity index (χ3n) is 4.64. The molecule has 1 aliphatic rings. The van der Waals surface area contributed by atoms with E-state index in [1.54, 1.807) is 24.3 Å². The molecule has 1 heterocycles. The van der Waals surface area contributed by atoms with Gasteiger partial charge in [-0.15, -0.1) is 0 Å². The van der Waals surface area contributed by atoms with Gasteiger partial charge in [0, 0.05) is 16.5 Å². The standard InChI is InChI=1S/C19H24N4O2S2/c20-27-15-10-8-13(9-11-15)17(24)23-19-21-12-16(26-19)18(25)22-14-6-4-2-1-3-5-7-14/h8-12,14H,1-7,20H2,(H,22,25)(H,21,23,24). The largest absolute Gasteiger partial charge is 0.349 e. The van der Waals surface area contributed by atoms with Gasteiger partial charge in [-0.05, 0) is 49.1 Å². The van der Waals surface area contributed by atoms with Crippen molar-refractivity contribution in [3.8, 4) is 0 Å². The summed E-state index contributed by atoms with van der Waals surface area (Å²) in [4.78, 5) is 30.3. The zero-order chi connectivity index (χ0) is 19.1. The lowest BCUT2D eigenvalue weighted by molar-refractivity contribution is 0.0933. The third kappa shape index (κ3) is 5.79. The number of hydrogen-bond acceptors (Lipinski definition) is 6. The first-order valence-corrected chi connectivity index (χ1v) is 10.9. The topological polar surface area (TPSA) is 97.1 Å². The van der Waals surface area contributed by atoms with E-state index >= 15 is 0 Å². The van der Waals surface area contributed by atoms with E-state index in [2.05, 4.69) is 15.6 Å². The number of nitrogens with zero attached hydrogens (tertiary/aromatic N) is 1. The van der Waals surface area contributed by atoms with Crippen molar-refractivity contribution in [1.29, 1.82) is 0 Å². The number of nitrogens with two attached hydrogens (primary N) is 1. The van der Waals surface area contributed by atoms with Crippen molar-refractivity contribution in [1.82, 2.24) is 10.3 Å². The van der Waals surface area contributed by atoms with Crippen LogP contribution in [0.3, 0.4) is 0 Å². The quantitative estimate of drug-likeness (QED) is 0.649. The fourth-order valence-corrected chi connectivity index (χ4v) is 4.16. The number of amides is 2. The highest BCUT2D eigenvalue weighted by Gasteiger charge is 2.18. The Morgan fingerprint density at radius 2 is 1.70 bits per heavy atom. The molecule has 2 aromatic rings. The Bertz CT molecular complexity index is 768. The summed E-state index contributed by atoms with van der Waals surface area (Å²) in [6, 6.07) is 7.22. The van der Waals surface area contributed by atoms with E-state index in [4.69, 9.17) is 5.14 Å². The van der Waals surface area contributed by atoms with Gasteiger partial charge in [-0.1, -0.05) is 43.4 Å². The van der Waals surface area contributed by atoms with E-state index in [1.165, 1.54) is 36.8 Å². The number of anilines is 1. The first kappa shape index (κ1) is 19.9. The van der Waals surface area contributed by atoms with Gasteiger partial charge in [0.25, 0.3) is 11.8 Å². The number of nitrogens with one attached hydrogen (secondary N) is 2. The minimum Gasteiger partial charge on any atom is -0.349 e. The molecule has 0 radical (unpaired) electrons. The van der Waals surface area contributed by atoms with Crippen molar-refractivity contribution in [3.05, 3.63) is 40.9 Å². The molecule has 3 rings (SSSR count). The number of carbonyl (C=O) groups is 2. The van der Waals surface area contributed by atoms with Gasteiger partial charge in [-0.3, -0.25) is 20.0 Å². The van der Waals surface area contributed by atoms with Crippen molar-refractivity contribution in [2.75, 3.05) is 5.32 Å². The van der Waals surface area contributed by atoms with Gasteiger partial charge in [-0.2, -0.15) is 0 Å². The van der Waals surface area contributed by atoms with Crippen LogP contribution in [-0.4, -0.2) is 22.8 Å². The molecular weight excluding hydrogens is 380 g/mol. The minimum absolute atomic E-state index is 0.108. The van der Waals surface area contributed by atoms with E-state index in [9.17, 15) is 9.59 Å². The number of benzene rings is 1. The smallest absolute Gasteiger partial charge is 0.263 e. The van der Waals surface area contributed by atoms with E-state index < -0.39 is 0 Å². The summed E-state index contributed by atoms with van der Waals surface area (Å²) < 4.78 is 0. The van der Waals surface area contributed by atoms with Crippen LogP contribution in [0.5, 0.6) is 0 Å². The molecule has 2 amide bonds. The van der Waals surface area contributed by atoms with Crippen molar-refractivity contribution < 1.29 is 9.59 Å². The maximum absolute atomic E-state index is 12.5. The highest BCUT2D eigenvalue weighted by Crippen LogP contribution is 2.21. The maximum atomic E-state index is 12.5. The van der Waals surface area contributed by atoms with Gasteiger partial charge in [0.05, 0.1) is 6.20 Å². The Morgan fingerprint density at radius 3 is 2.37 bits per heavy atom. The molecule has 6 nitrogen and oxygen atoms in total. The summed E-state index contributed by atoms with van der Waals surface area (Å²) in [5, 5.41) is 11.8. The number of rotatable bonds is 5. The van der Waals surface area contributed by atoms with Crippen LogP contribution in [0.1, 0.15) is 65.0 Å². The second kappa shape index (κ2) is 9.87. The fraction of sp³-hybridized carbons (Fsp3) is 0.421. The monoisotopic (exact) mass is 404 g/mol. The molecule has 1 aromatic heterocycles. The molecule has 1 aliphatic carbocycles. The molecule has 0 unspecified atom stereocenters. The predicted molar refractivity (Wildman–Crippen MR) is 110 cm³/mol. The highest BCUT2D eigenvalue weighted by molar-refractivity contribution is 7.97. The summed E-state index contributed by atoms with van der Waals surface area (Å²) in [7, 11) is 0. The van der Waals surface area contributed by atoms with Crippen LogP contribution in [0.15, 0.2) is 35.4 Å². The highest BCUT2D eigenvalue weighted by atomic mass is 32.2. The Kier molecular flexibility index (Phi) is 7.25. The molecule has 0 spiro atoms. The molecule has 8 heteroatoms. The molecule has 1 fully saturated rings. The zero-order valence-electron chi connectivity index (χ0n) is 15.1. The Balaban J connectivity index is 1.56. The maximum Gasteiger partial charge on any atom is 0.263 e. The van der Waals surface area contributed by atoms with E-state index in [0.717, 1.165) is 42.5 Å². The second-order valence-corrected chi connectivity index (χ2v) is 8.38. The zero-order valence-corrected chi connectivity index (χ0v) is 16.7. The van der Waals surface area contributed by atoms with Crippen LogP contribution in [0, 0.1) is 0 Å². The van der Waals surface area contributed by atoms with Crippen LogP contribution >= 0.6 is 23.3 Å². The van der Waals surface area contributed by atoms with Crippen LogP contribution in [-0.2, 0) is 0 Å². The second-order valence-electron chi connectivity index (χ2n) is 6.64. The molecule has 0 bridgehead atoms. The first-order chi connectivity index (χ1) is 13.2. The molecule has 0 aliphatic heterocycles. The minimum atomic E-state index is -0.259. The lowest BCUT2D eigenvalue weighted by atomic mass is 9.97. The molecule has 1 saturated carbocycles. The van der Waals surface area contributed by atoms with E-state index in [1.807, 2.05) is 0 Å². The Labute approximate surface area is 167 Å². The van der Waals surface area contributed by atoms with Crippen molar-refractivity contribution in [2.45, 2.75) is 55.9 Å². The lowest BCUT2D eigenvalue weighted by Gasteiger charge is -2.20. The average Bonchev–Trinajstić information content (AvgIpc) is 3.12. The summed E-state index contributed by atoms with van der Waals surface area (Å²) >= 11 is 2.32. The average molecular weight is 405 g/mol. The normalized spacial score (nSPS) is 15.6. The first-order valence-electron chi connectivity index (χ1n) is 9.20. The number of thiazole rings is 1. The fourth-order valence-electron chi connectivity index (χ4n) is 3.15. The third-order valence-corrected chi connectivity index (χ3v) is 6.10. The predicted octanol–water partition coefficient (Wildman–Crippen LogP) is 4.20. The molecule has 4 N–H and O–H groups in total. The number of hydrogen-bond donors (Lipinski definition) is 3. The van der Waals surface area contributed by atoms with Crippen molar-refractivity contribution >= 4 is 40.2 Å².